The lowest BCUT2D eigenvalue weighted by atomic mass is 9.92. The molecule has 17 heavy (non-hydrogen) atoms. The molecule has 1 aliphatic rings. The summed E-state index contributed by atoms with van der Waals surface area (Å²) in [5.74, 6) is 0. The van der Waals surface area contributed by atoms with Crippen molar-refractivity contribution in [2.24, 2.45) is 0 Å². The average Bonchev–Trinajstić information content (AvgIpc) is 3.13. The topological polar surface area (TPSA) is 35.5 Å². The van der Waals surface area contributed by atoms with E-state index in [9.17, 15) is 5.11 Å². The molecule has 1 aromatic carbocycles. The van der Waals surface area contributed by atoms with Crippen LogP contribution in [-0.2, 0) is 5.54 Å². The van der Waals surface area contributed by atoms with Crippen LogP contribution in [-0.4, -0.2) is 31.9 Å². The fourth-order valence-corrected chi connectivity index (χ4v) is 2.03. The Balaban J connectivity index is 2.17. The minimum Gasteiger partial charge on any atom is -0.394 e. The van der Waals surface area contributed by atoms with Gasteiger partial charge in [-0.2, -0.15) is 0 Å². The minimum absolute atomic E-state index is 0.130. The van der Waals surface area contributed by atoms with Crippen LogP contribution in [0.2, 0.25) is 0 Å². The fraction of sp³-hybridized carbons (Fsp3) is 0.571. The quantitative estimate of drug-likeness (QED) is 0.814. The summed E-state index contributed by atoms with van der Waals surface area (Å²) in [6.45, 7) is 2.20. The van der Waals surface area contributed by atoms with Crippen molar-refractivity contribution in [1.82, 2.24) is 5.32 Å². The first-order valence-electron chi connectivity index (χ1n) is 6.21. The third-order valence-corrected chi connectivity index (χ3v) is 3.44. The van der Waals surface area contributed by atoms with Crippen molar-refractivity contribution in [1.29, 1.82) is 0 Å². The van der Waals surface area contributed by atoms with E-state index in [1.165, 1.54) is 18.5 Å². The van der Waals surface area contributed by atoms with Gasteiger partial charge in [0.1, 0.15) is 0 Å². The van der Waals surface area contributed by atoms with Gasteiger partial charge in [-0.05, 0) is 37.5 Å². The number of nitrogens with zero attached hydrogens (tertiary/aromatic N) is 1. The third kappa shape index (κ3) is 2.79. The smallest absolute Gasteiger partial charge is 0.0652 e. The summed E-state index contributed by atoms with van der Waals surface area (Å²) in [5.41, 5.74) is 2.02. The molecule has 0 aliphatic heterocycles. The second kappa shape index (κ2) is 4.67. The van der Waals surface area contributed by atoms with Gasteiger partial charge in [0.15, 0.2) is 0 Å². The van der Waals surface area contributed by atoms with Crippen LogP contribution >= 0.6 is 0 Å². The van der Waals surface area contributed by atoms with Crippen LogP contribution < -0.4 is 10.2 Å². The van der Waals surface area contributed by atoms with Crippen LogP contribution in [0.15, 0.2) is 24.3 Å². The van der Waals surface area contributed by atoms with Gasteiger partial charge in [-0.15, -0.1) is 0 Å². The summed E-state index contributed by atoms with van der Waals surface area (Å²) >= 11 is 0. The maximum atomic E-state index is 9.62. The summed E-state index contributed by atoms with van der Waals surface area (Å²) in [6.07, 6.45) is 2.46. The molecule has 3 nitrogen and oxygen atoms in total. The molecule has 0 amide bonds. The van der Waals surface area contributed by atoms with Crippen molar-refractivity contribution in [2.75, 3.05) is 25.6 Å². The Labute approximate surface area is 103 Å². The maximum absolute atomic E-state index is 9.62. The predicted molar refractivity (Wildman–Crippen MR) is 71.4 cm³/mol. The van der Waals surface area contributed by atoms with Gasteiger partial charge in [0.2, 0.25) is 0 Å². The molecule has 0 aromatic heterocycles. The minimum atomic E-state index is -0.313. The summed E-state index contributed by atoms with van der Waals surface area (Å²) in [7, 11) is 4.06. The van der Waals surface area contributed by atoms with Crippen LogP contribution in [0.3, 0.4) is 0 Å². The highest BCUT2D eigenvalue weighted by atomic mass is 16.3. The molecule has 2 rings (SSSR count). The molecule has 1 unspecified atom stereocenters. The van der Waals surface area contributed by atoms with Crippen LogP contribution in [0.1, 0.15) is 25.3 Å². The Morgan fingerprint density at radius 1 is 1.29 bits per heavy atom. The molecule has 1 atom stereocenters. The van der Waals surface area contributed by atoms with Crippen LogP contribution in [0.25, 0.3) is 0 Å². The van der Waals surface area contributed by atoms with E-state index in [-0.39, 0.29) is 12.1 Å². The van der Waals surface area contributed by atoms with Crippen molar-refractivity contribution >= 4 is 5.69 Å². The zero-order valence-corrected chi connectivity index (χ0v) is 10.9. The van der Waals surface area contributed by atoms with Gasteiger partial charge in [-0.25, -0.2) is 0 Å². The van der Waals surface area contributed by atoms with Gasteiger partial charge in [-0.3, -0.25) is 0 Å². The number of anilines is 1. The van der Waals surface area contributed by atoms with Crippen molar-refractivity contribution in [3.8, 4) is 0 Å². The lowest BCUT2D eigenvalue weighted by Gasteiger charge is -2.30. The Morgan fingerprint density at radius 3 is 2.29 bits per heavy atom. The lowest BCUT2D eigenvalue weighted by molar-refractivity contribution is 0.173. The van der Waals surface area contributed by atoms with Crippen molar-refractivity contribution in [3.63, 3.8) is 0 Å². The first kappa shape index (κ1) is 12.4. The van der Waals surface area contributed by atoms with Crippen molar-refractivity contribution in [3.05, 3.63) is 29.8 Å². The Morgan fingerprint density at radius 2 is 1.88 bits per heavy atom. The Hall–Kier alpha value is -1.06. The number of nitrogens with one attached hydrogen (secondary N) is 1. The SMILES string of the molecule is CN(C)c1ccc(C(C)(CO)NC2CC2)cc1. The molecule has 1 fully saturated rings. The summed E-state index contributed by atoms with van der Waals surface area (Å²) in [5, 5.41) is 13.1. The number of aliphatic hydroxyl groups excluding tert-OH is 1. The van der Waals surface area contributed by atoms with E-state index in [0.29, 0.717) is 6.04 Å². The number of aliphatic hydroxyl groups is 1. The summed E-state index contributed by atoms with van der Waals surface area (Å²) in [6, 6.07) is 8.97. The van der Waals surface area contributed by atoms with Gasteiger partial charge in [-0.1, -0.05) is 12.1 Å². The lowest BCUT2D eigenvalue weighted by Crippen LogP contribution is -2.44. The van der Waals surface area contributed by atoms with E-state index in [2.05, 4.69) is 41.4 Å². The molecular weight excluding hydrogens is 212 g/mol. The van der Waals surface area contributed by atoms with E-state index >= 15 is 0 Å². The van der Waals surface area contributed by atoms with Crippen LogP contribution in [0, 0.1) is 0 Å². The Bertz CT molecular complexity index is 370. The number of rotatable bonds is 5. The van der Waals surface area contributed by atoms with Crippen molar-refractivity contribution < 1.29 is 5.11 Å². The molecule has 0 bridgehead atoms. The highest BCUT2D eigenvalue weighted by Crippen LogP contribution is 2.29. The zero-order valence-electron chi connectivity index (χ0n) is 10.9. The normalized spacial score (nSPS) is 18.8. The number of benzene rings is 1. The molecule has 1 aliphatic carbocycles. The second-order valence-electron chi connectivity index (χ2n) is 5.35. The van der Waals surface area contributed by atoms with E-state index in [1.54, 1.807) is 0 Å². The van der Waals surface area contributed by atoms with Crippen LogP contribution in [0.5, 0.6) is 0 Å². The number of hydrogen-bond acceptors (Lipinski definition) is 3. The predicted octanol–water partition coefficient (Wildman–Crippen LogP) is 1.71. The molecule has 3 heteroatoms. The van der Waals surface area contributed by atoms with Gasteiger partial charge < -0.3 is 15.3 Å². The fourth-order valence-electron chi connectivity index (χ4n) is 2.03. The molecule has 2 N–H and O–H groups in total. The monoisotopic (exact) mass is 234 g/mol. The maximum Gasteiger partial charge on any atom is 0.0652 e. The Kier molecular flexibility index (Phi) is 3.40. The van der Waals surface area contributed by atoms with E-state index < -0.39 is 0 Å². The molecule has 0 radical (unpaired) electrons. The summed E-state index contributed by atoms with van der Waals surface area (Å²) in [4.78, 5) is 2.08. The molecule has 1 saturated carbocycles. The standard InChI is InChI=1S/C14H22N2O/c1-14(10-17,15-12-6-7-12)11-4-8-13(9-5-11)16(2)3/h4-5,8-9,12,15,17H,6-7,10H2,1-3H3. The largest absolute Gasteiger partial charge is 0.394 e. The van der Waals surface area contributed by atoms with E-state index in [0.717, 1.165) is 5.56 Å². The molecule has 94 valence electrons. The third-order valence-electron chi connectivity index (χ3n) is 3.44. The second-order valence-corrected chi connectivity index (χ2v) is 5.35. The van der Waals surface area contributed by atoms with E-state index in [4.69, 9.17) is 0 Å². The molecule has 0 heterocycles. The molecule has 0 saturated heterocycles. The van der Waals surface area contributed by atoms with Gasteiger partial charge in [0.05, 0.1) is 12.1 Å². The zero-order chi connectivity index (χ0) is 12.5. The average molecular weight is 234 g/mol. The van der Waals surface area contributed by atoms with E-state index in [1.807, 2.05) is 14.1 Å². The first-order chi connectivity index (χ1) is 8.05. The highest BCUT2D eigenvalue weighted by molar-refractivity contribution is 5.47. The van der Waals surface area contributed by atoms with Gasteiger partial charge in [0, 0.05) is 25.8 Å². The van der Waals surface area contributed by atoms with Gasteiger partial charge in [0.25, 0.3) is 0 Å². The molecular formula is C14H22N2O. The summed E-state index contributed by atoms with van der Waals surface area (Å²) < 4.78 is 0. The molecule has 1 aromatic rings. The first-order valence-corrected chi connectivity index (χ1v) is 6.21. The van der Waals surface area contributed by atoms with Crippen LogP contribution in [0.4, 0.5) is 5.69 Å². The molecule has 0 spiro atoms. The van der Waals surface area contributed by atoms with Crippen molar-refractivity contribution in [2.45, 2.75) is 31.3 Å². The van der Waals surface area contributed by atoms with Gasteiger partial charge >= 0.3 is 0 Å². The highest BCUT2D eigenvalue weighted by Gasteiger charge is 2.33. The number of hydrogen-bond donors (Lipinski definition) is 2.